The van der Waals surface area contributed by atoms with Crippen LogP contribution in [0.15, 0.2) is 18.2 Å². The summed E-state index contributed by atoms with van der Waals surface area (Å²) in [6.07, 6.45) is 0.515. The molecule has 0 heterocycles. The molecule has 0 fully saturated rings. The van der Waals surface area contributed by atoms with E-state index in [1.165, 1.54) is 11.1 Å². The lowest BCUT2D eigenvalue weighted by atomic mass is 10.1. The van der Waals surface area contributed by atoms with Gasteiger partial charge in [0.25, 0.3) is 0 Å². The largest absolute Gasteiger partial charge is 0.384 e. The second kappa shape index (κ2) is 6.16. The van der Waals surface area contributed by atoms with Gasteiger partial charge in [-0.1, -0.05) is 18.2 Å². The monoisotopic (exact) mass is 220 g/mol. The van der Waals surface area contributed by atoms with Crippen molar-refractivity contribution < 1.29 is 4.79 Å². The van der Waals surface area contributed by atoms with Crippen LogP contribution in [0.4, 0.5) is 5.69 Å². The van der Waals surface area contributed by atoms with Gasteiger partial charge in [-0.25, -0.2) is 0 Å². The van der Waals surface area contributed by atoms with Crippen LogP contribution in [0, 0.1) is 13.8 Å². The van der Waals surface area contributed by atoms with Gasteiger partial charge in [0.2, 0.25) is 5.91 Å². The van der Waals surface area contributed by atoms with E-state index in [9.17, 15) is 4.79 Å². The minimum Gasteiger partial charge on any atom is -0.384 e. The summed E-state index contributed by atoms with van der Waals surface area (Å²) in [5.41, 5.74) is 3.58. The Kier molecular flexibility index (Phi) is 4.83. The van der Waals surface area contributed by atoms with Gasteiger partial charge in [-0.15, -0.1) is 0 Å². The molecule has 3 nitrogen and oxygen atoms in total. The van der Waals surface area contributed by atoms with E-state index in [4.69, 9.17) is 0 Å². The number of anilines is 1. The Morgan fingerprint density at radius 2 is 1.88 bits per heavy atom. The molecule has 1 rings (SSSR count). The SMILES string of the molecule is CCNC(=O)CCNc1c(C)cccc1C. The average molecular weight is 220 g/mol. The number of para-hydroxylation sites is 1. The van der Waals surface area contributed by atoms with E-state index in [1.807, 2.05) is 13.0 Å². The maximum atomic E-state index is 11.3. The van der Waals surface area contributed by atoms with Gasteiger partial charge in [0.1, 0.15) is 0 Å². The number of aryl methyl sites for hydroxylation is 2. The zero-order chi connectivity index (χ0) is 12.0. The number of nitrogens with one attached hydrogen (secondary N) is 2. The van der Waals surface area contributed by atoms with Gasteiger partial charge in [-0.3, -0.25) is 4.79 Å². The van der Waals surface area contributed by atoms with E-state index in [-0.39, 0.29) is 5.91 Å². The van der Waals surface area contributed by atoms with E-state index < -0.39 is 0 Å². The number of hydrogen-bond acceptors (Lipinski definition) is 2. The predicted octanol–water partition coefficient (Wildman–Crippen LogP) is 2.24. The Morgan fingerprint density at radius 1 is 1.25 bits per heavy atom. The van der Waals surface area contributed by atoms with Crippen LogP contribution >= 0.6 is 0 Å². The molecule has 2 N–H and O–H groups in total. The number of carbonyl (C=O) groups excluding carboxylic acids is 1. The fourth-order valence-corrected chi connectivity index (χ4v) is 1.68. The second-order valence-corrected chi connectivity index (χ2v) is 3.90. The molecule has 1 aromatic carbocycles. The van der Waals surface area contributed by atoms with Gasteiger partial charge in [-0.2, -0.15) is 0 Å². The maximum absolute atomic E-state index is 11.3. The molecule has 88 valence electrons. The number of benzene rings is 1. The molecule has 0 aromatic heterocycles. The van der Waals surface area contributed by atoms with Crippen LogP contribution in [-0.4, -0.2) is 19.0 Å². The summed E-state index contributed by atoms with van der Waals surface area (Å²) in [7, 11) is 0. The molecule has 0 saturated carbocycles. The van der Waals surface area contributed by atoms with Crippen LogP contribution in [0.25, 0.3) is 0 Å². The van der Waals surface area contributed by atoms with E-state index in [1.54, 1.807) is 0 Å². The molecule has 0 radical (unpaired) electrons. The van der Waals surface area contributed by atoms with Crippen LogP contribution < -0.4 is 10.6 Å². The Morgan fingerprint density at radius 3 is 2.44 bits per heavy atom. The lowest BCUT2D eigenvalue weighted by Gasteiger charge is -2.12. The smallest absolute Gasteiger partial charge is 0.221 e. The third kappa shape index (κ3) is 3.57. The summed E-state index contributed by atoms with van der Waals surface area (Å²) in [4.78, 5) is 11.3. The van der Waals surface area contributed by atoms with Gasteiger partial charge in [0, 0.05) is 25.2 Å². The standard InChI is InChI=1S/C13H20N2O/c1-4-14-12(16)8-9-15-13-10(2)6-5-7-11(13)3/h5-7,15H,4,8-9H2,1-3H3,(H,14,16). The Balaban J connectivity index is 2.46. The highest BCUT2D eigenvalue weighted by molar-refractivity contribution is 5.76. The molecule has 0 aliphatic carbocycles. The maximum Gasteiger partial charge on any atom is 0.221 e. The van der Waals surface area contributed by atoms with Crippen LogP contribution in [0.1, 0.15) is 24.5 Å². The molecule has 0 aliphatic rings. The molecular weight excluding hydrogens is 200 g/mol. The van der Waals surface area contributed by atoms with Gasteiger partial charge < -0.3 is 10.6 Å². The number of amides is 1. The van der Waals surface area contributed by atoms with Crippen molar-refractivity contribution in [2.24, 2.45) is 0 Å². The fourth-order valence-electron chi connectivity index (χ4n) is 1.68. The highest BCUT2D eigenvalue weighted by Gasteiger charge is 2.02. The molecular formula is C13H20N2O. The van der Waals surface area contributed by atoms with Crippen molar-refractivity contribution in [1.29, 1.82) is 0 Å². The third-order valence-corrected chi connectivity index (χ3v) is 2.51. The molecule has 1 amide bonds. The van der Waals surface area contributed by atoms with Crippen molar-refractivity contribution in [3.05, 3.63) is 29.3 Å². The summed E-state index contributed by atoms with van der Waals surface area (Å²) in [5.74, 6) is 0.0984. The summed E-state index contributed by atoms with van der Waals surface area (Å²) in [6, 6.07) is 6.18. The van der Waals surface area contributed by atoms with E-state index >= 15 is 0 Å². The molecule has 0 spiro atoms. The molecule has 0 bridgehead atoms. The molecule has 0 unspecified atom stereocenters. The van der Waals surface area contributed by atoms with Crippen LogP contribution in [0.3, 0.4) is 0 Å². The van der Waals surface area contributed by atoms with Crippen molar-refractivity contribution in [3.63, 3.8) is 0 Å². The molecule has 0 saturated heterocycles. The predicted molar refractivity (Wildman–Crippen MR) is 67.7 cm³/mol. The van der Waals surface area contributed by atoms with Gasteiger partial charge in [0.15, 0.2) is 0 Å². The minimum atomic E-state index is 0.0984. The highest BCUT2D eigenvalue weighted by atomic mass is 16.1. The zero-order valence-electron chi connectivity index (χ0n) is 10.3. The molecule has 0 aliphatic heterocycles. The number of carbonyl (C=O) groups is 1. The quantitative estimate of drug-likeness (QED) is 0.799. The molecule has 16 heavy (non-hydrogen) atoms. The van der Waals surface area contributed by atoms with E-state index in [0.717, 1.165) is 5.69 Å². The number of hydrogen-bond donors (Lipinski definition) is 2. The van der Waals surface area contributed by atoms with E-state index in [2.05, 4.69) is 36.6 Å². The summed E-state index contributed by atoms with van der Waals surface area (Å²) < 4.78 is 0. The summed E-state index contributed by atoms with van der Waals surface area (Å²) in [5, 5.41) is 6.09. The average Bonchev–Trinajstić information content (AvgIpc) is 2.23. The van der Waals surface area contributed by atoms with Crippen molar-refractivity contribution in [3.8, 4) is 0 Å². The van der Waals surface area contributed by atoms with Crippen molar-refractivity contribution >= 4 is 11.6 Å². The first kappa shape index (κ1) is 12.6. The first-order chi connectivity index (χ1) is 7.65. The lowest BCUT2D eigenvalue weighted by Crippen LogP contribution is -2.24. The molecule has 0 atom stereocenters. The Labute approximate surface area is 97.2 Å². The van der Waals surface area contributed by atoms with Gasteiger partial charge in [-0.05, 0) is 31.9 Å². The first-order valence-corrected chi connectivity index (χ1v) is 5.72. The summed E-state index contributed by atoms with van der Waals surface area (Å²) in [6.45, 7) is 7.44. The molecule has 1 aromatic rings. The van der Waals surface area contributed by atoms with Crippen molar-refractivity contribution in [1.82, 2.24) is 5.32 Å². The highest BCUT2D eigenvalue weighted by Crippen LogP contribution is 2.18. The summed E-state index contributed by atoms with van der Waals surface area (Å²) >= 11 is 0. The van der Waals surface area contributed by atoms with Crippen LogP contribution in [0.2, 0.25) is 0 Å². The number of rotatable bonds is 5. The second-order valence-electron chi connectivity index (χ2n) is 3.90. The Bertz CT molecular complexity index is 341. The zero-order valence-corrected chi connectivity index (χ0v) is 10.3. The van der Waals surface area contributed by atoms with Crippen LogP contribution in [0.5, 0.6) is 0 Å². The van der Waals surface area contributed by atoms with Crippen LogP contribution in [-0.2, 0) is 4.79 Å². The fraction of sp³-hybridized carbons (Fsp3) is 0.462. The van der Waals surface area contributed by atoms with Gasteiger partial charge >= 0.3 is 0 Å². The van der Waals surface area contributed by atoms with Crippen molar-refractivity contribution in [2.75, 3.05) is 18.4 Å². The topological polar surface area (TPSA) is 41.1 Å². The normalized spacial score (nSPS) is 9.94. The third-order valence-electron chi connectivity index (χ3n) is 2.51. The van der Waals surface area contributed by atoms with E-state index in [0.29, 0.717) is 19.5 Å². The molecule has 3 heteroatoms. The minimum absolute atomic E-state index is 0.0984. The van der Waals surface area contributed by atoms with Gasteiger partial charge in [0.05, 0.1) is 0 Å². The lowest BCUT2D eigenvalue weighted by molar-refractivity contribution is -0.120. The van der Waals surface area contributed by atoms with Crippen molar-refractivity contribution in [2.45, 2.75) is 27.2 Å². The Hall–Kier alpha value is -1.51. The first-order valence-electron chi connectivity index (χ1n) is 5.72.